The van der Waals surface area contributed by atoms with Gasteiger partial charge in [-0.15, -0.1) is 0 Å². The Morgan fingerprint density at radius 2 is 2.00 bits per heavy atom. The fraction of sp³-hybridized carbons (Fsp3) is 0.846. The van der Waals surface area contributed by atoms with Crippen molar-refractivity contribution in [2.75, 3.05) is 24.6 Å². The van der Waals surface area contributed by atoms with Crippen LogP contribution in [0.3, 0.4) is 0 Å². The van der Waals surface area contributed by atoms with Crippen LogP contribution in [-0.2, 0) is 14.3 Å². The van der Waals surface area contributed by atoms with Crippen molar-refractivity contribution in [3.63, 3.8) is 0 Å². The fourth-order valence-electron chi connectivity index (χ4n) is 2.90. The first-order valence-electron chi connectivity index (χ1n) is 6.52. The molecule has 1 aliphatic rings. The molecule has 1 fully saturated rings. The van der Waals surface area contributed by atoms with Crippen molar-refractivity contribution in [3.8, 4) is 0 Å². The van der Waals surface area contributed by atoms with E-state index < -0.39 is 5.41 Å². The van der Waals surface area contributed by atoms with Gasteiger partial charge in [0.25, 0.3) is 0 Å². The molecule has 0 aliphatic heterocycles. The number of ether oxygens (including phenoxy) is 1. The number of esters is 1. The molecule has 5 heteroatoms. The normalized spacial score (nSPS) is 27.0. The highest BCUT2D eigenvalue weighted by Gasteiger charge is 2.56. The number of halogens is 1. The summed E-state index contributed by atoms with van der Waals surface area (Å²) in [5.74, 6) is -0.282. The summed E-state index contributed by atoms with van der Waals surface area (Å²) in [6.45, 7) is 5.17. The highest BCUT2D eigenvalue weighted by atomic mass is 127. The van der Waals surface area contributed by atoms with Crippen LogP contribution in [-0.4, -0.2) is 41.4 Å². The van der Waals surface area contributed by atoms with Crippen LogP contribution >= 0.6 is 22.6 Å². The Morgan fingerprint density at radius 3 is 2.44 bits per heavy atom. The smallest absolute Gasteiger partial charge is 0.321 e. The zero-order valence-corrected chi connectivity index (χ0v) is 13.5. The third-order valence-electron chi connectivity index (χ3n) is 3.99. The van der Waals surface area contributed by atoms with Crippen LogP contribution in [0.1, 0.15) is 33.1 Å². The van der Waals surface area contributed by atoms with Crippen LogP contribution in [0.4, 0.5) is 0 Å². The molecule has 1 aliphatic carbocycles. The van der Waals surface area contributed by atoms with Gasteiger partial charge >= 0.3 is 5.97 Å². The Hall–Kier alpha value is -0.330. The number of rotatable bonds is 5. The molecule has 0 bridgehead atoms. The number of nitrogens with zero attached hydrogens (tertiary/aromatic N) is 1. The van der Waals surface area contributed by atoms with E-state index in [-0.39, 0.29) is 17.8 Å². The zero-order chi connectivity index (χ0) is 13.8. The number of hydrogen-bond donors (Lipinski definition) is 0. The number of carbonyl (C=O) groups is 2. The van der Waals surface area contributed by atoms with Crippen molar-refractivity contribution in [2.45, 2.75) is 33.1 Å². The minimum Gasteiger partial charge on any atom is -0.468 e. The molecule has 18 heavy (non-hydrogen) atoms. The molecule has 0 aromatic heterocycles. The van der Waals surface area contributed by atoms with Gasteiger partial charge in [-0.25, -0.2) is 0 Å². The lowest BCUT2D eigenvalue weighted by Crippen LogP contribution is -2.51. The van der Waals surface area contributed by atoms with E-state index in [4.69, 9.17) is 4.74 Å². The summed E-state index contributed by atoms with van der Waals surface area (Å²) in [5.41, 5.74) is -0.929. The molecule has 0 unspecified atom stereocenters. The topological polar surface area (TPSA) is 46.6 Å². The van der Waals surface area contributed by atoms with E-state index in [1.807, 2.05) is 13.8 Å². The minimum atomic E-state index is -0.929. The van der Waals surface area contributed by atoms with E-state index in [9.17, 15) is 9.59 Å². The molecule has 0 heterocycles. The molecule has 4 nitrogen and oxygen atoms in total. The second kappa shape index (κ2) is 6.73. The van der Waals surface area contributed by atoms with Gasteiger partial charge in [-0.05, 0) is 32.6 Å². The molecule has 1 rings (SSSR count). The summed E-state index contributed by atoms with van der Waals surface area (Å²) in [7, 11) is 1.38. The Labute approximate surface area is 123 Å². The SMILES string of the molecule is CCN(CC)C(=O)[C@@]1(C(=O)OC)CCC[C@@H]1CI. The van der Waals surface area contributed by atoms with Gasteiger partial charge in [-0.3, -0.25) is 9.59 Å². The molecule has 0 N–H and O–H groups in total. The van der Waals surface area contributed by atoms with Gasteiger partial charge in [-0.1, -0.05) is 29.0 Å². The Kier molecular flexibility index (Phi) is 5.88. The predicted molar refractivity (Wildman–Crippen MR) is 78.6 cm³/mol. The lowest BCUT2D eigenvalue weighted by Gasteiger charge is -2.35. The highest BCUT2D eigenvalue weighted by molar-refractivity contribution is 14.1. The molecule has 104 valence electrons. The van der Waals surface area contributed by atoms with E-state index in [1.54, 1.807) is 4.90 Å². The Bertz CT molecular complexity index is 317. The van der Waals surface area contributed by atoms with Crippen LogP contribution in [0.15, 0.2) is 0 Å². The van der Waals surface area contributed by atoms with Crippen LogP contribution < -0.4 is 0 Å². The number of hydrogen-bond acceptors (Lipinski definition) is 3. The molecule has 0 saturated heterocycles. The second-order valence-electron chi connectivity index (χ2n) is 4.68. The fourth-order valence-corrected chi connectivity index (χ4v) is 4.09. The first kappa shape index (κ1) is 15.7. The van der Waals surface area contributed by atoms with Crippen molar-refractivity contribution in [3.05, 3.63) is 0 Å². The predicted octanol–water partition coefficient (Wildman–Crippen LogP) is 2.25. The van der Waals surface area contributed by atoms with Gasteiger partial charge in [-0.2, -0.15) is 0 Å². The van der Waals surface area contributed by atoms with Gasteiger partial charge in [0.05, 0.1) is 7.11 Å². The molecule has 0 spiro atoms. The number of carbonyl (C=O) groups excluding carboxylic acids is 2. The van der Waals surface area contributed by atoms with E-state index in [0.717, 1.165) is 17.3 Å². The largest absolute Gasteiger partial charge is 0.468 e. The van der Waals surface area contributed by atoms with Crippen molar-refractivity contribution >= 4 is 34.5 Å². The summed E-state index contributed by atoms with van der Waals surface area (Å²) in [6, 6.07) is 0. The standard InChI is InChI=1S/C13H22INO3/c1-4-15(5-2)11(16)13(12(17)18-3)8-6-7-10(13)9-14/h10H,4-9H2,1-3H3/t10-,13-/m1/s1. The van der Waals surface area contributed by atoms with Crippen molar-refractivity contribution < 1.29 is 14.3 Å². The van der Waals surface area contributed by atoms with Crippen LogP contribution in [0.2, 0.25) is 0 Å². The number of methoxy groups -OCH3 is 1. The average molecular weight is 367 g/mol. The minimum absolute atomic E-state index is 0.0430. The van der Waals surface area contributed by atoms with Crippen molar-refractivity contribution in [1.82, 2.24) is 4.90 Å². The molecule has 1 saturated carbocycles. The maximum Gasteiger partial charge on any atom is 0.321 e. The van der Waals surface area contributed by atoms with Gasteiger partial charge < -0.3 is 9.64 Å². The first-order valence-corrected chi connectivity index (χ1v) is 8.04. The molecule has 0 aromatic carbocycles. The van der Waals surface area contributed by atoms with Crippen molar-refractivity contribution in [1.29, 1.82) is 0 Å². The maximum atomic E-state index is 12.7. The molecular formula is C13H22INO3. The van der Waals surface area contributed by atoms with Gasteiger partial charge in [0.15, 0.2) is 0 Å². The summed E-state index contributed by atoms with van der Waals surface area (Å²) >= 11 is 2.27. The summed E-state index contributed by atoms with van der Waals surface area (Å²) in [6.07, 6.45) is 2.49. The van der Waals surface area contributed by atoms with Crippen LogP contribution in [0.5, 0.6) is 0 Å². The summed E-state index contributed by atoms with van der Waals surface area (Å²) in [5, 5.41) is 0. The monoisotopic (exact) mass is 367 g/mol. The van der Waals surface area contributed by atoms with E-state index in [0.29, 0.717) is 19.5 Å². The van der Waals surface area contributed by atoms with Gasteiger partial charge in [0, 0.05) is 17.5 Å². The Balaban J connectivity index is 3.12. The van der Waals surface area contributed by atoms with E-state index >= 15 is 0 Å². The third kappa shape index (κ3) is 2.51. The molecular weight excluding hydrogens is 345 g/mol. The van der Waals surface area contributed by atoms with Gasteiger partial charge in [0.1, 0.15) is 5.41 Å². The molecule has 1 amide bonds. The highest BCUT2D eigenvalue weighted by Crippen LogP contribution is 2.46. The summed E-state index contributed by atoms with van der Waals surface area (Å²) in [4.78, 5) is 26.7. The lowest BCUT2D eigenvalue weighted by atomic mass is 9.77. The van der Waals surface area contributed by atoms with Crippen LogP contribution in [0.25, 0.3) is 0 Å². The molecule has 2 atom stereocenters. The van der Waals surface area contributed by atoms with E-state index in [2.05, 4.69) is 22.6 Å². The lowest BCUT2D eigenvalue weighted by molar-refractivity contribution is -0.165. The average Bonchev–Trinajstić information content (AvgIpc) is 2.83. The zero-order valence-electron chi connectivity index (χ0n) is 11.4. The van der Waals surface area contributed by atoms with Crippen LogP contribution in [0, 0.1) is 11.3 Å². The quantitative estimate of drug-likeness (QED) is 0.324. The molecule has 0 aromatic rings. The molecule has 0 radical (unpaired) electrons. The number of amides is 1. The van der Waals surface area contributed by atoms with E-state index in [1.165, 1.54) is 7.11 Å². The van der Waals surface area contributed by atoms with Crippen molar-refractivity contribution in [2.24, 2.45) is 11.3 Å². The third-order valence-corrected chi connectivity index (χ3v) is 5.05. The second-order valence-corrected chi connectivity index (χ2v) is 5.56. The number of alkyl halides is 1. The maximum absolute atomic E-state index is 12.7. The summed E-state index contributed by atoms with van der Waals surface area (Å²) < 4.78 is 5.76. The Morgan fingerprint density at radius 1 is 1.39 bits per heavy atom. The van der Waals surface area contributed by atoms with Gasteiger partial charge in [0.2, 0.25) is 5.91 Å². The first-order chi connectivity index (χ1) is 8.58.